The van der Waals surface area contributed by atoms with Crippen LogP contribution in [0.3, 0.4) is 0 Å². The Hall–Kier alpha value is -2.48. The van der Waals surface area contributed by atoms with Gasteiger partial charge in [0.2, 0.25) is 5.91 Å². The van der Waals surface area contributed by atoms with Crippen LogP contribution in [-0.4, -0.2) is 74.8 Å². The van der Waals surface area contributed by atoms with Crippen LogP contribution in [0.25, 0.3) is 0 Å². The summed E-state index contributed by atoms with van der Waals surface area (Å²) in [4.78, 5) is 27.7. The molecule has 1 saturated heterocycles. The molecule has 1 unspecified atom stereocenters. The lowest BCUT2D eigenvalue weighted by Gasteiger charge is -2.33. The molecule has 150 valence electrons. The van der Waals surface area contributed by atoms with E-state index in [-0.39, 0.29) is 24.4 Å². The van der Waals surface area contributed by atoms with Gasteiger partial charge in [-0.25, -0.2) is 4.79 Å². The number of methoxy groups -OCH3 is 2. The van der Waals surface area contributed by atoms with Crippen LogP contribution in [0.2, 0.25) is 0 Å². The molecule has 0 bridgehead atoms. The van der Waals surface area contributed by atoms with E-state index in [0.29, 0.717) is 43.0 Å². The highest BCUT2D eigenvalue weighted by Gasteiger charge is 2.28. The number of ether oxygens (including phenoxy) is 2. The number of hydrogen-bond acceptors (Lipinski definition) is 5. The van der Waals surface area contributed by atoms with Gasteiger partial charge in [-0.05, 0) is 31.0 Å². The van der Waals surface area contributed by atoms with Crippen LogP contribution in [0.5, 0.6) is 11.5 Å². The van der Waals surface area contributed by atoms with E-state index in [0.717, 1.165) is 0 Å². The number of likely N-dealkylation sites (tertiary alicyclic amines) is 1. The minimum atomic E-state index is -0.908. The first-order valence-corrected chi connectivity index (χ1v) is 9.01. The van der Waals surface area contributed by atoms with Crippen LogP contribution >= 0.6 is 0 Å². The summed E-state index contributed by atoms with van der Waals surface area (Å²) >= 11 is 0. The normalized spacial score (nSPS) is 15.8. The molecule has 1 aliphatic heterocycles. The molecule has 1 fully saturated rings. The number of rotatable bonds is 6. The van der Waals surface area contributed by atoms with Crippen LogP contribution in [0.15, 0.2) is 18.2 Å². The van der Waals surface area contributed by atoms with Gasteiger partial charge in [-0.1, -0.05) is 0 Å². The number of nitrogens with one attached hydrogen (secondary N) is 1. The summed E-state index contributed by atoms with van der Waals surface area (Å²) in [6, 6.07) is 5.13. The second kappa shape index (κ2) is 9.45. The van der Waals surface area contributed by atoms with E-state index in [1.54, 1.807) is 44.3 Å². The van der Waals surface area contributed by atoms with Gasteiger partial charge in [0.15, 0.2) is 0 Å². The van der Waals surface area contributed by atoms with Gasteiger partial charge in [0.05, 0.1) is 20.3 Å². The summed E-state index contributed by atoms with van der Waals surface area (Å²) in [6.45, 7) is 1.20. The smallest absolute Gasteiger partial charge is 0.319 e. The molecule has 1 aromatic rings. The lowest BCUT2D eigenvalue weighted by atomic mass is 9.96. The second-order valence-electron chi connectivity index (χ2n) is 6.81. The summed E-state index contributed by atoms with van der Waals surface area (Å²) in [6.07, 6.45) is 0.322. The summed E-state index contributed by atoms with van der Waals surface area (Å²) in [5.74, 6) is 0.880. The molecule has 0 aromatic heterocycles. The third-order valence-electron chi connectivity index (χ3n) is 4.78. The van der Waals surface area contributed by atoms with E-state index in [1.807, 2.05) is 0 Å². The number of carbonyl (C=O) groups is 2. The van der Waals surface area contributed by atoms with Gasteiger partial charge in [0.1, 0.15) is 11.5 Å². The maximum Gasteiger partial charge on any atom is 0.319 e. The lowest BCUT2D eigenvalue weighted by molar-refractivity contribution is -0.126. The molecule has 1 heterocycles. The Morgan fingerprint density at radius 1 is 1.26 bits per heavy atom. The summed E-state index contributed by atoms with van der Waals surface area (Å²) in [7, 11) is 6.51. The maximum atomic E-state index is 12.4. The van der Waals surface area contributed by atoms with Crippen molar-refractivity contribution in [2.45, 2.75) is 18.9 Å². The Labute approximate surface area is 160 Å². The van der Waals surface area contributed by atoms with Crippen molar-refractivity contribution in [2.24, 2.45) is 5.92 Å². The fourth-order valence-corrected chi connectivity index (χ4v) is 3.17. The second-order valence-corrected chi connectivity index (χ2v) is 6.81. The molecule has 2 rings (SSSR count). The number of piperidine rings is 1. The standard InChI is InChI=1S/C19H29N3O5/c1-21(2)19(25)22-9-7-13(8-10-22)18(24)20-12-16(23)15-11-14(26-3)5-6-17(15)27-4/h5-6,11,13,16,23H,7-10,12H2,1-4H3,(H,20,24). The number of aliphatic hydroxyl groups excluding tert-OH is 1. The number of carbonyl (C=O) groups excluding carboxylic acids is 2. The average molecular weight is 379 g/mol. The number of amides is 3. The number of hydrogen-bond donors (Lipinski definition) is 2. The van der Waals surface area contributed by atoms with Gasteiger partial charge in [0.25, 0.3) is 0 Å². The van der Waals surface area contributed by atoms with Crippen molar-refractivity contribution in [1.82, 2.24) is 15.1 Å². The van der Waals surface area contributed by atoms with Crippen LogP contribution in [-0.2, 0) is 4.79 Å². The van der Waals surface area contributed by atoms with Gasteiger partial charge >= 0.3 is 6.03 Å². The molecule has 0 radical (unpaired) electrons. The quantitative estimate of drug-likeness (QED) is 0.776. The van der Waals surface area contributed by atoms with E-state index in [1.165, 1.54) is 12.0 Å². The van der Waals surface area contributed by atoms with Crippen LogP contribution in [0, 0.1) is 5.92 Å². The molecule has 8 heteroatoms. The average Bonchev–Trinajstić information content (AvgIpc) is 2.70. The minimum absolute atomic E-state index is 0.0330. The number of nitrogens with zero attached hydrogens (tertiary/aromatic N) is 2. The van der Waals surface area contributed by atoms with Crippen molar-refractivity contribution in [2.75, 3.05) is 47.9 Å². The highest BCUT2D eigenvalue weighted by Crippen LogP contribution is 2.29. The molecule has 8 nitrogen and oxygen atoms in total. The first-order chi connectivity index (χ1) is 12.9. The molecule has 0 saturated carbocycles. The number of urea groups is 1. The zero-order valence-electron chi connectivity index (χ0n) is 16.4. The first-order valence-electron chi connectivity index (χ1n) is 9.01. The zero-order chi connectivity index (χ0) is 20.0. The first kappa shape index (κ1) is 20.8. The molecule has 1 aromatic carbocycles. The number of benzene rings is 1. The molecule has 27 heavy (non-hydrogen) atoms. The predicted octanol–water partition coefficient (Wildman–Crippen LogP) is 1.25. The van der Waals surface area contributed by atoms with Crippen molar-refractivity contribution < 1.29 is 24.2 Å². The van der Waals surface area contributed by atoms with Crippen LogP contribution < -0.4 is 14.8 Å². The SMILES string of the molecule is COc1ccc(OC)c(C(O)CNC(=O)C2CCN(C(=O)N(C)C)CC2)c1. The van der Waals surface area contributed by atoms with Gasteiger partial charge in [0, 0.05) is 45.2 Å². The molecule has 1 aliphatic rings. The third-order valence-corrected chi connectivity index (χ3v) is 4.78. The monoisotopic (exact) mass is 379 g/mol. The Balaban J connectivity index is 1.88. The number of aliphatic hydroxyl groups is 1. The Kier molecular flexibility index (Phi) is 7.29. The lowest BCUT2D eigenvalue weighted by Crippen LogP contribution is -2.46. The minimum Gasteiger partial charge on any atom is -0.497 e. The van der Waals surface area contributed by atoms with Crippen molar-refractivity contribution in [3.05, 3.63) is 23.8 Å². The van der Waals surface area contributed by atoms with E-state index in [2.05, 4.69) is 5.32 Å². The van der Waals surface area contributed by atoms with Crippen LogP contribution in [0.4, 0.5) is 4.79 Å². The van der Waals surface area contributed by atoms with Gasteiger partial charge < -0.3 is 29.7 Å². The Morgan fingerprint density at radius 2 is 1.93 bits per heavy atom. The van der Waals surface area contributed by atoms with Gasteiger partial charge in [-0.3, -0.25) is 4.79 Å². The third kappa shape index (κ3) is 5.26. The summed E-state index contributed by atoms with van der Waals surface area (Å²) in [5, 5.41) is 13.3. The van der Waals surface area contributed by atoms with Crippen LogP contribution in [0.1, 0.15) is 24.5 Å². The highest BCUT2D eigenvalue weighted by atomic mass is 16.5. The van der Waals surface area contributed by atoms with Gasteiger partial charge in [-0.15, -0.1) is 0 Å². The Morgan fingerprint density at radius 3 is 2.48 bits per heavy atom. The molecule has 1 atom stereocenters. The molecule has 3 amide bonds. The molecular formula is C19H29N3O5. The maximum absolute atomic E-state index is 12.4. The highest BCUT2D eigenvalue weighted by molar-refractivity contribution is 5.79. The van der Waals surface area contributed by atoms with Crippen molar-refractivity contribution in [3.8, 4) is 11.5 Å². The van der Waals surface area contributed by atoms with E-state index in [4.69, 9.17) is 9.47 Å². The summed E-state index contributed by atoms with van der Waals surface area (Å²) < 4.78 is 10.5. The summed E-state index contributed by atoms with van der Waals surface area (Å²) in [5.41, 5.74) is 0.559. The van der Waals surface area contributed by atoms with Crippen molar-refractivity contribution >= 4 is 11.9 Å². The zero-order valence-corrected chi connectivity index (χ0v) is 16.4. The van der Waals surface area contributed by atoms with Crippen molar-refractivity contribution in [1.29, 1.82) is 0 Å². The topological polar surface area (TPSA) is 91.3 Å². The fourth-order valence-electron chi connectivity index (χ4n) is 3.17. The molecule has 0 aliphatic carbocycles. The van der Waals surface area contributed by atoms with Crippen molar-refractivity contribution in [3.63, 3.8) is 0 Å². The fraction of sp³-hybridized carbons (Fsp3) is 0.579. The van der Waals surface area contributed by atoms with Gasteiger partial charge in [-0.2, -0.15) is 0 Å². The van der Waals surface area contributed by atoms with E-state index >= 15 is 0 Å². The van der Waals surface area contributed by atoms with E-state index in [9.17, 15) is 14.7 Å². The molecule has 2 N–H and O–H groups in total. The predicted molar refractivity (Wildman–Crippen MR) is 101 cm³/mol. The molecule has 0 spiro atoms. The molecular weight excluding hydrogens is 350 g/mol. The van der Waals surface area contributed by atoms with E-state index < -0.39 is 6.10 Å². The Bertz CT molecular complexity index is 657. The largest absolute Gasteiger partial charge is 0.497 e.